The minimum atomic E-state index is -0.116. The summed E-state index contributed by atoms with van der Waals surface area (Å²) in [6, 6.07) is 1.84. The third-order valence-electron chi connectivity index (χ3n) is 4.09. The van der Waals surface area contributed by atoms with Gasteiger partial charge in [0.05, 0.1) is 25.0 Å². The fraction of sp³-hybridized carbons (Fsp3) is 0.688. The van der Waals surface area contributed by atoms with Crippen LogP contribution in [0.2, 0.25) is 0 Å². The molecule has 1 aromatic rings. The molecule has 7 heteroatoms. The number of carbonyl (C=O) groups excluding carboxylic acids is 1. The molecule has 23 heavy (non-hydrogen) atoms. The molecule has 2 heterocycles. The van der Waals surface area contributed by atoms with E-state index in [0.717, 1.165) is 31.6 Å². The second-order valence-electron chi connectivity index (χ2n) is 6.19. The lowest BCUT2D eigenvalue weighted by Gasteiger charge is -2.34. The first kappa shape index (κ1) is 17.5. The van der Waals surface area contributed by atoms with Crippen LogP contribution in [0.3, 0.4) is 0 Å². The molecule has 0 radical (unpaired) electrons. The van der Waals surface area contributed by atoms with E-state index in [-0.39, 0.29) is 23.4 Å². The van der Waals surface area contributed by atoms with Crippen LogP contribution in [0.25, 0.3) is 0 Å². The Bertz CT molecular complexity index is 577. The van der Waals surface area contributed by atoms with Gasteiger partial charge in [-0.1, -0.05) is 13.8 Å². The second-order valence-corrected chi connectivity index (χ2v) is 6.19. The summed E-state index contributed by atoms with van der Waals surface area (Å²) in [4.78, 5) is 25.9. The van der Waals surface area contributed by atoms with Crippen LogP contribution in [0.4, 0.5) is 5.69 Å². The van der Waals surface area contributed by atoms with E-state index in [0.29, 0.717) is 13.2 Å². The number of hydrogen-bond donors (Lipinski definition) is 1. The smallest absolute Gasteiger partial charge is 0.268 e. The third kappa shape index (κ3) is 4.79. The van der Waals surface area contributed by atoms with Crippen molar-refractivity contribution in [3.8, 4) is 0 Å². The van der Waals surface area contributed by atoms with Crippen LogP contribution in [-0.4, -0.2) is 48.5 Å². The molecule has 1 aliphatic rings. The third-order valence-corrected chi connectivity index (χ3v) is 4.09. The molecule has 1 saturated heterocycles. The minimum Gasteiger partial charge on any atom is -0.383 e. The van der Waals surface area contributed by atoms with Gasteiger partial charge in [-0.25, -0.2) is 4.68 Å². The lowest BCUT2D eigenvalue weighted by molar-refractivity contribution is -0.124. The van der Waals surface area contributed by atoms with Gasteiger partial charge >= 0.3 is 0 Å². The van der Waals surface area contributed by atoms with Crippen molar-refractivity contribution in [3.05, 3.63) is 22.6 Å². The summed E-state index contributed by atoms with van der Waals surface area (Å²) in [5, 5.41) is 7.27. The Kier molecular flexibility index (Phi) is 6.15. The van der Waals surface area contributed by atoms with Gasteiger partial charge in [0.25, 0.3) is 5.56 Å². The number of hydrogen-bond acceptors (Lipinski definition) is 5. The Labute approximate surface area is 136 Å². The normalized spacial score (nSPS) is 15.9. The monoisotopic (exact) mass is 322 g/mol. The zero-order valence-corrected chi connectivity index (χ0v) is 14.1. The Balaban J connectivity index is 1.91. The summed E-state index contributed by atoms with van der Waals surface area (Å²) >= 11 is 0. The van der Waals surface area contributed by atoms with Crippen LogP contribution >= 0.6 is 0 Å². The van der Waals surface area contributed by atoms with Gasteiger partial charge in [-0.2, -0.15) is 5.10 Å². The zero-order chi connectivity index (χ0) is 16.8. The molecule has 0 aromatic carbocycles. The van der Waals surface area contributed by atoms with Crippen molar-refractivity contribution in [1.82, 2.24) is 15.1 Å². The first-order valence-corrected chi connectivity index (χ1v) is 8.12. The highest BCUT2D eigenvalue weighted by Crippen LogP contribution is 2.18. The fourth-order valence-corrected chi connectivity index (χ4v) is 2.59. The highest BCUT2D eigenvalue weighted by atomic mass is 16.5. The number of piperidine rings is 1. The molecule has 0 spiro atoms. The number of nitrogens with zero attached hydrogens (tertiary/aromatic N) is 3. The number of carbonyl (C=O) groups is 1. The van der Waals surface area contributed by atoms with Gasteiger partial charge in [-0.05, 0) is 12.8 Å². The van der Waals surface area contributed by atoms with Crippen LogP contribution in [0.5, 0.6) is 0 Å². The fourth-order valence-electron chi connectivity index (χ4n) is 2.59. The van der Waals surface area contributed by atoms with Gasteiger partial charge in [-0.3, -0.25) is 9.59 Å². The van der Waals surface area contributed by atoms with Crippen molar-refractivity contribution in [2.45, 2.75) is 39.3 Å². The van der Waals surface area contributed by atoms with Gasteiger partial charge < -0.3 is 15.0 Å². The number of rotatable bonds is 6. The first-order chi connectivity index (χ1) is 11.0. The molecule has 0 bridgehead atoms. The maximum Gasteiger partial charge on any atom is 0.268 e. The summed E-state index contributed by atoms with van der Waals surface area (Å²) in [5.41, 5.74) is 0.729. The van der Waals surface area contributed by atoms with E-state index in [9.17, 15) is 9.59 Å². The summed E-state index contributed by atoms with van der Waals surface area (Å²) in [6.45, 7) is 6.34. The minimum absolute atomic E-state index is 0.0110. The van der Waals surface area contributed by atoms with Crippen molar-refractivity contribution in [2.24, 2.45) is 5.92 Å². The zero-order valence-electron chi connectivity index (χ0n) is 14.1. The predicted molar refractivity (Wildman–Crippen MR) is 88.6 cm³/mol. The largest absolute Gasteiger partial charge is 0.383 e. The second kappa shape index (κ2) is 8.10. The van der Waals surface area contributed by atoms with E-state index in [4.69, 9.17) is 4.74 Å². The van der Waals surface area contributed by atoms with Crippen molar-refractivity contribution in [3.63, 3.8) is 0 Å². The van der Waals surface area contributed by atoms with E-state index < -0.39 is 0 Å². The topological polar surface area (TPSA) is 76.5 Å². The number of amides is 1. The first-order valence-electron chi connectivity index (χ1n) is 8.12. The molecule has 2 rings (SSSR count). The summed E-state index contributed by atoms with van der Waals surface area (Å²) in [5.74, 6) is 0.114. The summed E-state index contributed by atoms with van der Waals surface area (Å²) in [7, 11) is 1.60. The van der Waals surface area contributed by atoms with Crippen molar-refractivity contribution in [2.75, 3.05) is 31.7 Å². The van der Waals surface area contributed by atoms with Crippen LogP contribution < -0.4 is 15.8 Å². The number of aromatic nitrogens is 2. The van der Waals surface area contributed by atoms with Crippen LogP contribution in [0.15, 0.2) is 17.1 Å². The highest BCUT2D eigenvalue weighted by Gasteiger charge is 2.22. The van der Waals surface area contributed by atoms with Crippen molar-refractivity contribution >= 4 is 11.6 Å². The lowest BCUT2D eigenvalue weighted by Crippen LogP contribution is -2.46. The van der Waals surface area contributed by atoms with Crippen LogP contribution in [0, 0.1) is 5.92 Å². The highest BCUT2D eigenvalue weighted by molar-refractivity contribution is 5.78. The van der Waals surface area contributed by atoms with Gasteiger partial charge in [0.15, 0.2) is 0 Å². The predicted octanol–water partition coefficient (Wildman–Crippen LogP) is 0.631. The molecule has 1 aromatic heterocycles. The van der Waals surface area contributed by atoms with E-state index in [1.54, 1.807) is 19.4 Å². The molecule has 0 saturated carbocycles. The number of ether oxygens (including phenoxy) is 1. The summed E-state index contributed by atoms with van der Waals surface area (Å²) in [6.07, 6.45) is 3.49. The number of nitrogens with one attached hydrogen (secondary N) is 1. The molecule has 1 N–H and O–H groups in total. The molecular formula is C16H26N4O3. The Morgan fingerprint density at radius 3 is 2.70 bits per heavy atom. The molecule has 1 fully saturated rings. The molecule has 1 amide bonds. The van der Waals surface area contributed by atoms with Gasteiger partial charge in [0.1, 0.15) is 0 Å². The lowest BCUT2D eigenvalue weighted by atomic mass is 10.0. The van der Waals surface area contributed by atoms with E-state index in [1.807, 2.05) is 13.8 Å². The average Bonchev–Trinajstić information content (AvgIpc) is 2.54. The van der Waals surface area contributed by atoms with Crippen molar-refractivity contribution < 1.29 is 9.53 Å². The van der Waals surface area contributed by atoms with Gasteiger partial charge in [0.2, 0.25) is 5.91 Å². The molecule has 7 nitrogen and oxygen atoms in total. The van der Waals surface area contributed by atoms with Crippen molar-refractivity contribution in [1.29, 1.82) is 0 Å². The van der Waals surface area contributed by atoms with Crippen LogP contribution in [-0.2, 0) is 16.1 Å². The quantitative estimate of drug-likeness (QED) is 0.831. The Hall–Kier alpha value is -1.89. The molecule has 0 unspecified atom stereocenters. The van der Waals surface area contributed by atoms with Crippen LogP contribution in [0.1, 0.15) is 26.7 Å². The molecule has 0 aliphatic carbocycles. The number of anilines is 1. The SMILES string of the molecule is COCCn1ncc(N2CCC(NC(=O)C(C)C)CC2)cc1=O. The van der Waals surface area contributed by atoms with E-state index >= 15 is 0 Å². The maximum absolute atomic E-state index is 12.0. The Morgan fingerprint density at radius 1 is 1.43 bits per heavy atom. The van der Waals surface area contributed by atoms with E-state index in [2.05, 4.69) is 15.3 Å². The standard InChI is InChI=1S/C16H26N4O3/c1-12(2)16(22)18-13-4-6-19(7-5-13)14-10-15(21)20(17-11-14)8-9-23-3/h10-13H,4-9H2,1-3H3,(H,18,22). The van der Waals surface area contributed by atoms with Gasteiger partial charge in [0, 0.05) is 38.2 Å². The molecule has 128 valence electrons. The average molecular weight is 322 g/mol. The number of methoxy groups -OCH3 is 1. The summed E-state index contributed by atoms with van der Waals surface area (Å²) < 4.78 is 6.37. The molecule has 1 aliphatic heterocycles. The maximum atomic E-state index is 12.0. The van der Waals surface area contributed by atoms with Gasteiger partial charge in [-0.15, -0.1) is 0 Å². The van der Waals surface area contributed by atoms with E-state index in [1.165, 1.54) is 4.68 Å². The Morgan fingerprint density at radius 2 is 2.13 bits per heavy atom. The molecule has 0 atom stereocenters. The molecular weight excluding hydrogens is 296 g/mol.